The Hall–Kier alpha value is -2.91. The van der Waals surface area contributed by atoms with Gasteiger partial charge in [-0.25, -0.2) is 9.97 Å². The molecule has 7 nitrogen and oxygen atoms in total. The van der Waals surface area contributed by atoms with Crippen molar-refractivity contribution in [1.82, 2.24) is 15.0 Å². The second kappa shape index (κ2) is 5.83. The predicted octanol–water partition coefficient (Wildman–Crippen LogP) is 3.11. The molecule has 0 aromatic carbocycles. The van der Waals surface area contributed by atoms with Crippen molar-refractivity contribution in [2.75, 3.05) is 17.6 Å². The first-order valence-electron chi connectivity index (χ1n) is 9.85. The van der Waals surface area contributed by atoms with Gasteiger partial charge in [0.2, 0.25) is 5.91 Å². The van der Waals surface area contributed by atoms with Crippen molar-refractivity contribution in [2.45, 2.75) is 45.2 Å². The number of amides is 1. The van der Waals surface area contributed by atoms with E-state index in [0.29, 0.717) is 17.1 Å². The first-order chi connectivity index (χ1) is 14.0. The van der Waals surface area contributed by atoms with Crippen LogP contribution in [-0.4, -0.2) is 39.3 Å². The van der Waals surface area contributed by atoms with Gasteiger partial charge in [-0.2, -0.15) is 18.3 Å². The average Bonchev–Trinajstić information content (AvgIpc) is 3.28. The van der Waals surface area contributed by atoms with E-state index >= 15 is 0 Å². The molecule has 158 valence electrons. The number of nitrogens with two attached hydrogens (primary N) is 1. The summed E-state index contributed by atoms with van der Waals surface area (Å²) < 4.78 is 38.6. The molecule has 1 amide bonds. The van der Waals surface area contributed by atoms with Crippen molar-refractivity contribution < 1.29 is 18.0 Å². The molecule has 1 aromatic heterocycles. The highest BCUT2D eigenvalue weighted by molar-refractivity contribution is 6.17. The molecule has 3 heterocycles. The number of halogens is 3. The highest BCUT2D eigenvalue weighted by atomic mass is 19.4. The van der Waals surface area contributed by atoms with Crippen molar-refractivity contribution in [3.8, 4) is 0 Å². The Morgan fingerprint density at radius 3 is 2.77 bits per heavy atom. The molecule has 2 unspecified atom stereocenters. The second-order valence-corrected chi connectivity index (χ2v) is 8.82. The van der Waals surface area contributed by atoms with Crippen LogP contribution in [0.3, 0.4) is 0 Å². The molecule has 0 spiro atoms. The number of hydrogen-bond acceptors (Lipinski definition) is 6. The predicted molar refractivity (Wildman–Crippen MR) is 104 cm³/mol. The molecule has 10 heteroatoms. The number of carbonyl (C=O) groups excluding carboxylic acids is 1. The van der Waals surface area contributed by atoms with Crippen molar-refractivity contribution in [3.63, 3.8) is 0 Å². The van der Waals surface area contributed by atoms with E-state index in [0.717, 1.165) is 17.7 Å². The fourth-order valence-corrected chi connectivity index (χ4v) is 4.62. The minimum atomic E-state index is -4.28. The summed E-state index contributed by atoms with van der Waals surface area (Å²) in [5, 5.41) is 8.66. The average molecular weight is 418 g/mol. The summed E-state index contributed by atoms with van der Waals surface area (Å²) in [7, 11) is 0. The SMILES string of the molecule is CC1C=C2C3C(=C3C(c3nc(N)c4c(n3)NC(=O)C4(C)C)=NN2CCC(F)(F)F)C1. The van der Waals surface area contributed by atoms with Crippen LogP contribution in [0.15, 0.2) is 28.0 Å². The zero-order valence-corrected chi connectivity index (χ0v) is 16.8. The Morgan fingerprint density at radius 2 is 2.07 bits per heavy atom. The Bertz CT molecular complexity index is 1080. The number of hydrazone groups is 1. The molecule has 0 bridgehead atoms. The first-order valence-corrected chi connectivity index (χ1v) is 9.85. The fraction of sp³-hybridized carbons (Fsp3) is 0.500. The van der Waals surface area contributed by atoms with E-state index in [1.165, 1.54) is 10.6 Å². The van der Waals surface area contributed by atoms with Crippen molar-refractivity contribution in [3.05, 3.63) is 34.3 Å². The van der Waals surface area contributed by atoms with E-state index in [-0.39, 0.29) is 35.9 Å². The fourth-order valence-electron chi connectivity index (χ4n) is 4.62. The summed E-state index contributed by atoms with van der Waals surface area (Å²) in [5.41, 5.74) is 9.22. The maximum atomic E-state index is 12.9. The van der Waals surface area contributed by atoms with Crippen LogP contribution in [0.1, 0.15) is 45.0 Å². The number of rotatable bonds is 3. The molecule has 0 radical (unpaired) electrons. The number of allylic oxidation sites excluding steroid dienone is 2. The van der Waals surface area contributed by atoms with Crippen molar-refractivity contribution in [2.24, 2.45) is 16.9 Å². The Balaban J connectivity index is 1.58. The highest BCUT2D eigenvalue weighted by Crippen LogP contribution is 2.56. The number of hydrogen-bond donors (Lipinski definition) is 2. The lowest BCUT2D eigenvalue weighted by Gasteiger charge is -2.30. The van der Waals surface area contributed by atoms with E-state index in [4.69, 9.17) is 5.73 Å². The van der Waals surface area contributed by atoms with Gasteiger partial charge in [-0.15, -0.1) is 0 Å². The number of fused-ring (bicyclic) bond motifs is 1. The standard InChI is InChI=1S/C20H21F3N6O/c1-8-6-9-11-10(7-8)29(5-4-20(21,22)23)28-14(12(9)11)17-25-15(24)13-16(26-17)27-18(30)19(13,2)3/h7-8,11H,4-6H2,1-3H3,(H3,24,25,26,27,30). The maximum Gasteiger partial charge on any atom is 0.390 e. The van der Waals surface area contributed by atoms with Gasteiger partial charge in [0, 0.05) is 18.2 Å². The van der Waals surface area contributed by atoms with Gasteiger partial charge in [-0.3, -0.25) is 9.80 Å². The van der Waals surface area contributed by atoms with E-state index in [1.807, 2.05) is 13.0 Å². The third-order valence-electron chi connectivity index (χ3n) is 6.15. The Morgan fingerprint density at radius 1 is 1.33 bits per heavy atom. The second-order valence-electron chi connectivity index (χ2n) is 8.82. The number of anilines is 2. The summed E-state index contributed by atoms with van der Waals surface area (Å²) in [6.07, 6.45) is -2.41. The summed E-state index contributed by atoms with van der Waals surface area (Å²) in [5.74, 6) is 0.704. The molecule has 5 rings (SSSR count). The van der Waals surface area contributed by atoms with Crippen LogP contribution in [0, 0.1) is 11.8 Å². The van der Waals surface area contributed by atoms with Crippen LogP contribution in [0.25, 0.3) is 0 Å². The zero-order chi connectivity index (χ0) is 21.6. The van der Waals surface area contributed by atoms with E-state index in [9.17, 15) is 18.0 Å². The topological polar surface area (TPSA) is 96.5 Å². The lowest BCUT2D eigenvalue weighted by molar-refractivity contribution is -0.137. The normalized spacial score (nSPS) is 26.1. The molecule has 30 heavy (non-hydrogen) atoms. The molecule has 0 saturated heterocycles. The summed E-state index contributed by atoms with van der Waals surface area (Å²) in [4.78, 5) is 21.2. The number of carbonyl (C=O) groups is 1. The number of nitrogens with zero attached hydrogens (tertiary/aromatic N) is 4. The van der Waals surface area contributed by atoms with Crippen LogP contribution in [-0.2, 0) is 10.2 Å². The van der Waals surface area contributed by atoms with E-state index < -0.39 is 18.0 Å². The molecule has 3 N–H and O–H groups in total. The Labute approximate surface area is 170 Å². The molecule has 0 saturated carbocycles. The molecule has 0 fully saturated rings. The number of alkyl halides is 3. The van der Waals surface area contributed by atoms with E-state index in [1.54, 1.807) is 13.8 Å². The van der Waals surface area contributed by atoms with Gasteiger partial charge in [0.05, 0.1) is 17.4 Å². The Kier molecular flexibility index (Phi) is 3.71. The maximum absolute atomic E-state index is 12.9. The van der Waals surface area contributed by atoms with Gasteiger partial charge in [0.15, 0.2) is 5.82 Å². The van der Waals surface area contributed by atoms with Gasteiger partial charge < -0.3 is 11.1 Å². The number of nitrogen functional groups attached to an aromatic ring is 1. The van der Waals surface area contributed by atoms with E-state index in [2.05, 4.69) is 20.4 Å². The lowest BCUT2D eigenvalue weighted by Crippen LogP contribution is -2.31. The first kappa shape index (κ1) is 19.1. The summed E-state index contributed by atoms with van der Waals surface area (Å²) >= 11 is 0. The number of aromatic nitrogens is 2. The monoisotopic (exact) mass is 418 g/mol. The molecular formula is C20H21F3N6O. The van der Waals surface area contributed by atoms with Gasteiger partial charge in [-0.05, 0) is 37.3 Å². The quantitative estimate of drug-likeness (QED) is 0.786. The van der Waals surface area contributed by atoms with Crippen LogP contribution < -0.4 is 11.1 Å². The highest BCUT2D eigenvalue weighted by Gasteiger charge is 2.51. The van der Waals surface area contributed by atoms with Crippen LogP contribution in [0.5, 0.6) is 0 Å². The largest absolute Gasteiger partial charge is 0.390 e. The third kappa shape index (κ3) is 2.73. The zero-order valence-electron chi connectivity index (χ0n) is 16.8. The third-order valence-corrected chi connectivity index (χ3v) is 6.15. The minimum absolute atomic E-state index is 0.0222. The molecule has 2 atom stereocenters. The van der Waals surface area contributed by atoms with Crippen LogP contribution in [0.4, 0.5) is 24.8 Å². The lowest BCUT2D eigenvalue weighted by atomic mass is 9.87. The number of nitrogens with one attached hydrogen (secondary N) is 1. The van der Waals surface area contributed by atoms with Gasteiger partial charge >= 0.3 is 6.18 Å². The molecule has 2 aliphatic heterocycles. The summed E-state index contributed by atoms with van der Waals surface area (Å²) in [6, 6.07) is 0. The van der Waals surface area contributed by atoms with Gasteiger partial charge in [0.1, 0.15) is 17.3 Å². The molecule has 2 aliphatic carbocycles. The van der Waals surface area contributed by atoms with Crippen LogP contribution >= 0.6 is 0 Å². The minimum Gasteiger partial charge on any atom is -0.383 e. The van der Waals surface area contributed by atoms with Crippen LogP contribution in [0.2, 0.25) is 0 Å². The van der Waals surface area contributed by atoms with Gasteiger partial charge in [-0.1, -0.05) is 13.0 Å². The van der Waals surface area contributed by atoms with Crippen molar-refractivity contribution >= 4 is 23.3 Å². The molecule has 1 aromatic rings. The molecule has 4 aliphatic rings. The van der Waals surface area contributed by atoms with Crippen molar-refractivity contribution in [1.29, 1.82) is 0 Å². The summed E-state index contributed by atoms with van der Waals surface area (Å²) in [6.45, 7) is 5.24. The van der Waals surface area contributed by atoms with Gasteiger partial charge in [0.25, 0.3) is 0 Å². The molecular weight excluding hydrogens is 397 g/mol. The smallest absolute Gasteiger partial charge is 0.383 e.